The molecule has 0 radical (unpaired) electrons. The van der Waals surface area contributed by atoms with Crippen LogP contribution in [0.1, 0.15) is 20.8 Å². The largest absolute Gasteiger partial charge is 0.379 e. The van der Waals surface area contributed by atoms with Crippen LogP contribution in [0.3, 0.4) is 0 Å². The van der Waals surface area contributed by atoms with Gasteiger partial charge in [0.05, 0.1) is 11.9 Å². The van der Waals surface area contributed by atoms with Gasteiger partial charge in [0.2, 0.25) is 0 Å². The Morgan fingerprint density at radius 1 is 1.58 bits per heavy atom. The average Bonchev–Trinajstić information content (AvgIpc) is 2.33. The van der Waals surface area contributed by atoms with E-state index in [1.54, 1.807) is 26.8 Å². The van der Waals surface area contributed by atoms with Gasteiger partial charge < -0.3 is 5.32 Å². The summed E-state index contributed by atoms with van der Waals surface area (Å²) in [5.74, 6) is -0.0787. The van der Waals surface area contributed by atoms with Gasteiger partial charge in [-0.15, -0.1) is 6.58 Å². The smallest absolute Gasteiger partial charge is 0.288 e. The maximum Gasteiger partial charge on any atom is 0.288 e. The summed E-state index contributed by atoms with van der Waals surface area (Å²) in [7, 11) is 0. The van der Waals surface area contributed by atoms with E-state index < -0.39 is 11.0 Å². The molecule has 0 saturated carbocycles. The molecule has 1 N–H and O–H groups in total. The molecule has 0 aliphatic carbocycles. The highest BCUT2D eigenvalue weighted by Gasteiger charge is 2.22. The molecule has 0 unspecified atom stereocenters. The maximum atomic E-state index is 12.0. The lowest BCUT2D eigenvalue weighted by Crippen LogP contribution is -2.32. The Hall–Kier alpha value is -1.62. The van der Waals surface area contributed by atoms with Crippen molar-refractivity contribution >= 4 is 23.1 Å². The van der Waals surface area contributed by atoms with E-state index in [1.165, 1.54) is 6.20 Å². The molecule has 5 nitrogen and oxygen atoms in total. The summed E-state index contributed by atoms with van der Waals surface area (Å²) >= 11 is 5.95. The Labute approximate surface area is 117 Å². The number of nitrogens with zero attached hydrogens (tertiary/aromatic N) is 2. The first kappa shape index (κ1) is 15.4. The van der Waals surface area contributed by atoms with Crippen LogP contribution in [-0.2, 0) is 11.3 Å². The molecule has 0 fully saturated rings. The summed E-state index contributed by atoms with van der Waals surface area (Å²) in [5, 5.41) is 6.88. The molecule has 0 spiro atoms. The van der Waals surface area contributed by atoms with Gasteiger partial charge in [0.15, 0.2) is 5.78 Å². The van der Waals surface area contributed by atoms with Crippen molar-refractivity contribution in [3.05, 3.63) is 34.2 Å². The van der Waals surface area contributed by atoms with Gasteiger partial charge in [-0.2, -0.15) is 5.10 Å². The normalized spacial score (nSPS) is 11.2. The second-order valence-electron chi connectivity index (χ2n) is 5.18. The first-order valence-corrected chi connectivity index (χ1v) is 6.29. The van der Waals surface area contributed by atoms with E-state index in [9.17, 15) is 9.59 Å². The highest BCUT2D eigenvalue weighted by atomic mass is 35.5. The zero-order valence-electron chi connectivity index (χ0n) is 11.4. The summed E-state index contributed by atoms with van der Waals surface area (Å²) in [6.07, 6.45) is 3.08. The third-order valence-electron chi connectivity index (χ3n) is 2.55. The lowest BCUT2D eigenvalue weighted by molar-refractivity contribution is -0.127. The van der Waals surface area contributed by atoms with E-state index >= 15 is 0 Å². The van der Waals surface area contributed by atoms with Crippen LogP contribution in [0.2, 0.25) is 5.02 Å². The maximum absolute atomic E-state index is 12.0. The number of rotatable bonds is 5. The molecule has 19 heavy (non-hydrogen) atoms. The second kappa shape index (κ2) is 6.02. The van der Waals surface area contributed by atoms with Crippen LogP contribution in [-0.4, -0.2) is 22.1 Å². The summed E-state index contributed by atoms with van der Waals surface area (Å²) in [4.78, 5) is 23.8. The fraction of sp³-hybridized carbons (Fsp3) is 0.462. The SMILES string of the molecule is C=CCNc1cnn(CC(=O)C(C)(C)C)c(=O)c1Cl. The van der Waals surface area contributed by atoms with E-state index in [0.717, 1.165) is 4.68 Å². The van der Waals surface area contributed by atoms with E-state index in [4.69, 9.17) is 11.6 Å². The number of nitrogens with one attached hydrogen (secondary N) is 1. The van der Waals surface area contributed by atoms with Crippen LogP contribution in [0.4, 0.5) is 5.69 Å². The fourth-order valence-corrected chi connectivity index (χ4v) is 1.47. The lowest BCUT2D eigenvalue weighted by Gasteiger charge is -2.17. The Balaban J connectivity index is 3.00. The van der Waals surface area contributed by atoms with E-state index in [0.29, 0.717) is 12.2 Å². The highest BCUT2D eigenvalue weighted by molar-refractivity contribution is 6.32. The number of Topliss-reactive ketones (excluding diaryl/α,β-unsaturated/α-hetero) is 1. The van der Waals surface area contributed by atoms with Gasteiger partial charge in [-0.25, -0.2) is 4.68 Å². The van der Waals surface area contributed by atoms with Gasteiger partial charge in [-0.05, 0) is 0 Å². The topological polar surface area (TPSA) is 64.0 Å². The third kappa shape index (κ3) is 3.92. The second-order valence-corrected chi connectivity index (χ2v) is 5.56. The van der Waals surface area contributed by atoms with Crippen molar-refractivity contribution in [1.29, 1.82) is 0 Å². The van der Waals surface area contributed by atoms with Crippen LogP contribution in [0, 0.1) is 5.41 Å². The Morgan fingerprint density at radius 2 is 2.21 bits per heavy atom. The molecule has 1 aromatic heterocycles. The molecule has 0 aromatic carbocycles. The minimum absolute atomic E-state index is 0.0264. The first-order valence-electron chi connectivity index (χ1n) is 5.91. The number of anilines is 1. The Morgan fingerprint density at radius 3 is 2.74 bits per heavy atom. The fourth-order valence-electron chi connectivity index (χ4n) is 1.26. The molecule has 1 rings (SSSR count). The van der Waals surface area contributed by atoms with Crippen molar-refractivity contribution in [2.75, 3.05) is 11.9 Å². The average molecular weight is 284 g/mol. The lowest BCUT2D eigenvalue weighted by atomic mass is 9.91. The number of halogens is 1. The van der Waals surface area contributed by atoms with Crippen molar-refractivity contribution in [1.82, 2.24) is 9.78 Å². The molecule has 104 valence electrons. The molecule has 0 bridgehead atoms. The van der Waals surface area contributed by atoms with Crippen molar-refractivity contribution in [2.45, 2.75) is 27.3 Å². The van der Waals surface area contributed by atoms with Crippen LogP contribution in [0.15, 0.2) is 23.6 Å². The van der Waals surface area contributed by atoms with Crippen LogP contribution >= 0.6 is 11.6 Å². The summed E-state index contributed by atoms with van der Waals surface area (Å²) < 4.78 is 1.08. The van der Waals surface area contributed by atoms with Gasteiger partial charge in [0.1, 0.15) is 11.6 Å². The molecule has 0 amide bonds. The number of aromatic nitrogens is 2. The Bertz CT molecular complexity index is 544. The number of carbonyl (C=O) groups excluding carboxylic acids is 1. The van der Waals surface area contributed by atoms with Crippen molar-refractivity contribution < 1.29 is 4.79 Å². The minimum atomic E-state index is -0.520. The van der Waals surface area contributed by atoms with E-state index in [-0.39, 0.29) is 17.4 Å². The summed E-state index contributed by atoms with van der Waals surface area (Å²) in [6, 6.07) is 0. The number of hydrogen-bond donors (Lipinski definition) is 1. The number of hydrogen-bond acceptors (Lipinski definition) is 4. The van der Waals surface area contributed by atoms with Gasteiger partial charge in [-0.1, -0.05) is 38.4 Å². The molecular weight excluding hydrogens is 266 g/mol. The van der Waals surface area contributed by atoms with E-state index in [1.807, 2.05) is 0 Å². The van der Waals surface area contributed by atoms with Gasteiger partial charge in [-0.3, -0.25) is 9.59 Å². The van der Waals surface area contributed by atoms with Gasteiger partial charge in [0, 0.05) is 12.0 Å². The standard InChI is InChI=1S/C13H18ClN3O2/c1-5-6-15-9-7-16-17(12(19)11(9)14)8-10(18)13(2,3)4/h5,7,15H,1,6,8H2,2-4H3. The Kier molecular flexibility index (Phi) is 4.89. The van der Waals surface area contributed by atoms with Crippen LogP contribution in [0.25, 0.3) is 0 Å². The minimum Gasteiger partial charge on any atom is -0.379 e. The summed E-state index contributed by atoms with van der Waals surface area (Å²) in [5.41, 5.74) is -0.563. The molecular formula is C13H18ClN3O2. The quantitative estimate of drug-likeness (QED) is 0.841. The monoisotopic (exact) mass is 283 g/mol. The number of carbonyl (C=O) groups is 1. The zero-order chi connectivity index (χ0) is 14.6. The summed E-state index contributed by atoms with van der Waals surface area (Å²) in [6.45, 7) is 9.34. The predicted molar refractivity (Wildman–Crippen MR) is 76.7 cm³/mol. The molecule has 1 heterocycles. The van der Waals surface area contributed by atoms with Gasteiger partial charge in [0.25, 0.3) is 5.56 Å². The molecule has 0 aliphatic heterocycles. The molecule has 1 aromatic rings. The molecule has 6 heteroatoms. The first-order chi connectivity index (χ1) is 8.77. The van der Waals surface area contributed by atoms with E-state index in [2.05, 4.69) is 17.0 Å². The third-order valence-corrected chi connectivity index (χ3v) is 2.92. The number of ketones is 1. The zero-order valence-corrected chi connectivity index (χ0v) is 12.1. The van der Waals surface area contributed by atoms with Gasteiger partial charge >= 0.3 is 0 Å². The highest BCUT2D eigenvalue weighted by Crippen LogP contribution is 2.17. The van der Waals surface area contributed by atoms with Crippen LogP contribution in [0.5, 0.6) is 0 Å². The van der Waals surface area contributed by atoms with Crippen LogP contribution < -0.4 is 10.9 Å². The molecule has 0 atom stereocenters. The van der Waals surface area contributed by atoms with Crippen molar-refractivity contribution in [3.63, 3.8) is 0 Å². The van der Waals surface area contributed by atoms with Crippen molar-refractivity contribution in [3.8, 4) is 0 Å². The van der Waals surface area contributed by atoms with Crippen molar-refractivity contribution in [2.24, 2.45) is 5.41 Å². The predicted octanol–water partition coefficient (Wildman–Crippen LogP) is 2.11. The molecule has 0 aliphatic rings. The molecule has 0 saturated heterocycles.